The van der Waals surface area contributed by atoms with Crippen LogP contribution in [0.2, 0.25) is 0 Å². The number of hydrogen-bond acceptors (Lipinski definition) is 0. The minimum atomic E-state index is -0.171. The molecule has 0 fully saturated rings. The second-order valence-electron chi connectivity index (χ2n) is 2.47. The average Bonchev–Trinajstić information content (AvgIpc) is 1.93. The zero-order valence-corrected chi connectivity index (χ0v) is 6.24. The number of hydrogen-bond donors (Lipinski definition) is 0. The van der Waals surface area contributed by atoms with E-state index in [-0.39, 0.29) is 5.82 Å². The molecule has 0 amide bonds. The Bertz CT molecular complexity index is 224. The molecule has 1 radical (unpaired) electrons. The van der Waals surface area contributed by atoms with E-state index in [0.717, 1.165) is 11.1 Å². The van der Waals surface area contributed by atoms with Gasteiger partial charge in [-0.25, -0.2) is 4.39 Å². The lowest BCUT2D eigenvalue weighted by Crippen LogP contribution is -1.89. The summed E-state index contributed by atoms with van der Waals surface area (Å²) < 4.78 is 12.7. The van der Waals surface area contributed by atoms with Gasteiger partial charge in [0, 0.05) is 0 Å². The first-order valence-electron chi connectivity index (χ1n) is 3.20. The van der Waals surface area contributed by atoms with E-state index in [9.17, 15) is 4.39 Å². The molecule has 0 aliphatic heterocycles. The first-order valence-corrected chi connectivity index (χ1v) is 3.20. The highest BCUT2D eigenvalue weighted by molar-refractivity contribution is 5.36. The van der Waals surface area contributed by atoms with E-state index in [1.807, 2.05) is 6.92 Å². The SMILES string of the molecule is [CH2]c1c(C)ccc(F)c1C. The molecule has 1 aromatic carbocycles. The molecular formula is C9H10F. The number of aryl methyl sites for hydroxylation is 1. The van der Waals surface area contributed by atoms with Gasteiger partial charge in [-0.2, -0.15) is 0 Å². The third-order valence-corrected chi connectivity index (χ3v) is 1.77. The second-order valence-corrected chi connectivity index (χ2v) is 2.47. The van der Waals surface area contributed by atoms with Gasteiger partial charge >= 0.3 is 0 Å². The van der Waals surface area contributed by atoms with Crippen molar-refractivity contribution in [2.45, 2.75) is 13.8 Å². The standard InChI is InChI=1S/C9H10F/c1-6-4-5-9(10)8(3)7(6)2/h4-5H,2H2,1,3H3. The van der Waals surface area contributed by atoms with Crippen molar-refractivity contribution in [3.8, 4) is 0 Å². The number of halogens is 1. The lowest BCUT2D eigenvalue weighted by molar-refractivity contribution is 0.617. The highest BCUT2D eigenvalue weighted by Crippen LogP contribution is 2.14. The summed E-state index contributed by atoms with van der Waals surface area (Å²) >= 11 is 0. The predicted molar refractivity (Wildman–Crippen MR) is 40.3 cm³/mol. The summed E-state index contributed by atoms with van der Waals surface area (Å²) in [4.78, 5) is 0. The van der Waals surface area contributed by atoms with Gasteiger partial charge in [0.25, 0.3) is 0 Å². The van der Waals surface area contributed by atoms with Crippen molar-refractivity contribution in [2.75, 3.05) is 0 Å². The Morgan fingerprint density at radius 3 is 2.40 bits per heavy atom. The van der Waals surface area contributed by atoms with E-state index in [1.165, 1.54) is 6.07 Å². The van der Waals surface area contributed by atoms with Crippen LogP contribution in [0.4, 0.5) is 4.39 Å². The zero-order valence-electron chi connectivity index (χ0n) is 6.24. The van der Waals surface area contributed by atoms with Crippen molar-refractivity contribution in [3.05, 3.63) is 41.6 Å². The zero-order chi connectivity index (χ0) is 7.72. The largest absolute Gasteiger partial charge is 0.207 e. The molecular weight excluding hydrogens is 127 g/mol. The molecule has 0 aromatic heterocycles. The molecule has 0 aliphatic carbocycles. The van der Waals surface area contributed by atoms with Gasteiger partial charge in [-0.1, -0.05) is 6.07 Å². The Balaban J connectivity index is 3.34. The fourth-order valence-corrected chi connectivity index (χ4v) is 0.864. The van der Waals surface area contributed by atoms with Gasteiger partial charge in [-0.05, 0) is 43.5 Å². The van der Waals surface area contributed by atoms with Crippen LogP contribution in [0.15, 0.2) is 12.1 Å². The number of benzene rings is 1. The third-order valence-electron chi connectivity index (χ3n) is 1.77. The van der Waals surface area contributed by atoms with Crippen molar-refractivity contribution in [1.29, 1.82) is 0 Å². The lowest BCUT2D eigenvalue weighted by atomic mass is 10.0. The minimum Gasteiger partial charge on any atom is -0.207 e. The van der Waals surface area contributed by atoms with Gasteiger partial charge in [0.15, 0.2) is 0 Å². The molecule has 10 heavy (non-hydrogen) atoms. The van der Waals surface area contributed by atoms with E-state index in [0.29, 0.717) is 5.56 Å². The maximum Gasteiger partial charge on any atom is 0.126 e. The molecule has 0 heterocycles. The summed E-state index contributed by atoms with van der Waals surface area (Å²) in [7, 11) is 0. The van der Waals surface area contributed by atoms with Crippen molar-refractivity contribution in [1.82, 2.24) is 0 Å². The van der Waals surface area contributed by atoms with Gasteiger partial charge in [-0.3, -0.25) is 0 Å². The fourth-order valence-electron chi connectivity index (χ4n) is 0.864. The van der Waals surface area contributed by atoms with Gasteiger partial charge in [0.2, 0.25) is 0 Å². The Morgan fingerprint density at radius 2 is 1.90 bits per heavy atom. The van der Waals surface area contributed by atoms with E-state index >= 15 is 0 Å². The second kappa shape index (κ2) is 2.41. The van der Waals surface area contributed by atoms with Crippen LogP contribution in [-0.4, -0.2) is 0 Å². The van der Waals surface area contributed by atoms with Gasteiger partial charge in [0.05, 0.1) is 0 Å². The Morgan fingerprint density at radius 1 is 1.30 bits per heavy atom. The molecule has 0 saturated heterocycles. The molecule has 0 atom stereocenters. The van der Waals surface area contributed by atoms with Gasteiger partial charge < -0.3 is 0 Å². The molecule has 53 valence electrons. The van der Waals surface area contributed by atoms with Crippen LogP contribution in [0.1, 0.15) is 16.7 Å². The monoisotopic (exact) mass is 137 g/mol. The topological polar surface area (TPSA) is 0 Å². The van der Waals surface area contributed by atoms with Crippen LogP contribution >= 0.6 is 0 Å². The molecule has 0 spiro atoms. The minimum absolute atomic E-state index is 0.171. The molecule has 0 N–H and O–H groups in total. The summed E-state index contributed by atoms with van der Waals surface area (Å²) in [5.74, 6) is -0.171. The van der Waals surface area contributed by atoms with E-state index < -0.39 is 0 Å². The Kier molecular flexibility index (Phi) is 1.75. The van der Waals surface area contributed by atoms with Crippen LogP contribution in [0.5, 0.6) is 0 Å². The summed E-state index contributed by atoms with van der Waals surface area (Å²) in [6.07, 6.45) is 0. The normalized spacial score (nSPS) is 10.0. The smallest absolute Gasteiger partial charge is 0.126 e. The van der Waals surface area contributed by atoms with Crippen LogP contribution in [-0.2, 0) is 0 Å². The molecule has 0 unspecified atom stereocenters. The van der Waals surface area contributed by atoms with Crippen molar-refractivity contribution >= 4 is 0 Å². The van der Waals surface area contributed by atoms with Crippen LogP contribution in [0.25, 0.3) is 0 Å². The molecule has 1 heteroatoms. The Hall–Kier alpha value is -0.850. The summed E-state index contributed by atoms with van der Waals surface area (Å²) in [5, 5.41) is 0. The van der Waals surface area contributed by atoms with Gasteiger partial charge in [0.1, 0.15) is 5.82 Å². The highest BCUT2D eigenvalue weighted by Gasteiger charge is 2.00. The van der Waals surface area contributed by atoms with Crippen LogP contribution in [0.3, 0.4) is 0 Å². The van der Waals surface area contributed by atoms with Crippen molar-refractivity contribution in [3.63, 3.8) is 0 Å². The molecule has 0 saturated carbocycles. The highest BCUT2D eigenvalue weighted by atomic mass is 19.1. The van der Waals surface area contributed by atoms with E-state index in [4.69, 9.17) is 0 Å². The molecule has 0 bridgehead atoms. The molecule has 1 rings (SSSR count). The van der Waals surface area contributed by atoms with Crippen molar-refractivity contribution in [2.24, 2.45) is 0 Å². The average molecular weight is 137 g/mol. The molecule has 0 nitrogen and oxygen atoms in total. The van der Waals surface area contributed by atoms with E-state index in [2.05, 4.69) is 6.92 Å². The van der Waals surface area contributed by atoms with Crippen molar-refractivity contribution < 1.29 is 4.39 Å². The quantitative estimate of drug-likeness (QED) is 0.515. The molecule has 0 aliphatic rings. The lowest BCUT2D eigenvalue weighted by Gasteiger charge is -2.03. The first-order chi connectivity index (χ1) is 4.63. The predicted octanol–water partition coefficient (Wildman–Crippen LogP) is 2.62. The third kappa shape index (κ3) is 1.04. The summed E-state index contributed by atoms with van der Waals surface area (Å²) in [5.41, 5.74) is 2.50. The fraction of sp³-hybridized carbons (Fsp3) is 0.222. The van der Waals surface area contributed by atoms with Gasteiger partial charge in [-0.15, -0.1) is 0 Å². The Labute approximate surface area is 60.7 Å². The summed E-state index contributed by atoms with van der Waals surface area (Å²) in [6, 6.07) is 3.21. The number of rotatable bonds is 0. The van der Waals surface area contributed by atoms with Crippen LogP contribution < -0.4 is 0 Å². The van der Waals surface area contributed by atoms with Crippen LogP contribution in [0, 0.1) is 26.6 Å². The maximum atomic E-state index is 12.7. The molecule has 1 aromatic rings. The van der Waals surface area contributed by atoms with E-state index in [1.54, 1.807) is 13.0 Å². The summed E-state index contributed by atoms with van der Waals surface area (Å²) in [6.45, 7) is 7.41. The maximum absolute atomic E-state index is 12.7. The first kappa shape index (κ1) is 7.26.